The molecule has 1 heterocycles. The number of aromatic hydroxyl groups is 1. The fourth-order valence-corrected chi connectivity index (χ4v) is 1.87. The lowest BCUT2D eigenvalue weighted by atomic mass is 10.2. The normalized spacial score (nSPS) is 14.8. The Balaban J connectivity index is 1.89. The molecule has 1 aliphatic heterocycles. The number of phenolic OH excluding ortho intramolecular Hbond substituents is 1. The SMILES string of the molecule is O=C(N/N=C\c1ccccc1O)C(=O)N1CCCC1. The molecular weight excluding hydrogens is 246 g/mol. The number of amides is 2. The van der Waals surface area contributed by atoms with Gasteiger partial charge in [-0.1, -0.05) is 12.1 Å². The molecule has 1 aliphatic rings. The summed E-state index contributed by atoms with van der Waals surface area (Å²) < 4.78 is 0. The molecule has 0 aliphatic carbocycles. The van der Waals surface area contributed by atoms with Gasteiger partial charge < -0.3 is 10.0 Å². The van der Waals surface area contributed by atoms with Gasteiger partial charge in [0.1, 0.15) is 5.75 Å². The highest BCUT2D eigenvalue weighted by Gasteiger charge is 2.23. The highest BCUT2D eigenvalue weighted by Crippen LogP contribution is 2.12. The van der Waals surface area contributed by atoms with Crippen molar-refractivity contribution in [1.82, 2.24) is 10.3 Å². The van der Waals surface area contributed by atoms with E-state index in [9.17, 15) is 14.7 Å². The Morgan fingerprint density at radius 1 is 1.26 bits per heavy atom. The van der Waals surface area contributed by atoms with Gasteiger partial charge in [-0.2, -0.15) is 5.10 Å². The van der Waals surface area contributed by atoms with Crippen molar-refractivity contribution in [2.75, 3.05) is 13.1 Å². The molecule has 6 heteroatoms. The molecule has 0 atom stereocenters. The summed E-state index contributed by atoms with van der Waals surface area (Å²) >= 11 is 0. The van der Waals surface area contributed by atoms with Gasteiger partial charge in [0.25, 0.3) is 0 Å². The quantitative estimate of drug-likeness (QED) is 0.461. The Labute approximate surface area is 110 Å². The second-order valence-corrected chi connectivity index (χ2v) is 4.26. The van der Waals surface area contributed by atoms with Crippen molar-refractivity contribution in [2.24, 2.45) is 5.10 Å². The third-order valence-corrected chi connectivity index (χ3v) is 2.89. The minimum absolute atomic E-state index is 0.0615. The Morgan fingerprint density at radius 2 is 1.95 bits per heavy atom. The van der Waals surface area contributed by atoms with Crippen molar-refractivity contribution in [3.8, 4) is 5.75 Å². The third-order valence-electron chi connectivity index (χ3n) is 2.89. The number of hydrogen-bond donors (Lipinski definition) is 2. The van der Waals surface area contributed by atoms with Crippen LogP contribution >= 0.6 is 0 Å². The van der Waals surface area contributed by atoms with Gasteiger partial charge in [0, 0.05) is 18.7 Å². The van der Waals surface area contributed by atoms with Gasteiger partial charge in [0.15, 0.2) is 0 Å². The molecule has 0 aromatic heterocycles. The topological polar surface area (TPSA) is 82.0 Å². The molecule has 19 heavy (non-hydrogen) atoms. The fraction of sp³-hybridized carbons (Fsp3) is 0.308. The molecule has 1 fully saturated rings. The van der Waals surface area contributed by atoms with Gasteiger partial charge in [-0.25, -0.2) is 5.43 Å². The molecule has 0 bridgehead atoms. The first-order valence-corrected chi connectivity index (χ1v) is 6.09. The number of carbonyl (C=O) groups is 2. The molecule has 1 aromatic carbocycles. The van der Waals surface area contributed by atoms with E-state index in [0.717, 1.165) is 12.8 Å². The van der Waals surface area contributed by atoms with Crippen LogP contribution in [-0.2, 0) is 9.59 Å². The lowest BCUT2D eigenvalue weighted by molar-refractivity contribution is -0.145. The standard InChI is InChI=1S/C13H15N3O3/c17-11-6-2-1-5-10(11)9-14-15-12(18)13(19)16-7-3-4-8-16/h1-2,5-6,9,17H,3-4,7-8H2,(H,15,18)/b14-9-. The average Bonchev–Trinajstić information content (AvgIpc) is 2.94. The highest BCUT2D eigenvalue weighted by atomic mass is 16.3. The number of para-hydroxylation sites is 1. The molecule has 0 spiro atoms. The van der Waals surface area contributed by atoms with E-state index in [0.29, 0.717) is 18.7 Å². The Morgan fingerprint density at radius 3 is 2.63 bits per heavy atom. The Hall–Kier alpha value is -2.37. The number of hydrogen-bond acceptors (Lipinski definition) is 4. The smallest absolute Gasteiger partial charge is 0.329 e. The predicted octanol–water partition coefficient (Wildman–Crippen LogP) is 0.465. The van der Waals surface area contributed by atoms with Crippen LogP contribution in [0.25, 0.3) is 0 Å². The van der Waals surface area contributed by atoms with Crippen LogP contribution in [0.15, 0.2) is 29.4 Å². The van der Waals surface area contributed by atoms with E-state index in [1.54, 1.807) is 18.2 Å². The summed E-state index contributed by atoms with van der Waals surface area (Å²) in [5, 5.41) is 13.1. The monoisotopic (exact) mass is 261 g/mol. The van der Waals surface area contributed by atoms with Crippen molar-refractivity contribution in [3.05, 3.63) is 29.8 Å². The molecule has 1 saturated heterocycles. The summed E-state index contributed by atoms with van der Waals surface area (Å²) in [4.78, 5) is 24.7. The van der Waals surface area contributed by atoms with E-state index in [2.05, 4.69) is 10.5 Å². The van der Waals surface area contributed by atoms with Crippen LogP contribution < -0.4 is 5.43 Å². The second-order valence-electron chi connectivity index (χ2n) is 4.26. The average molecular weight is 261 g/mol. The number of rotatable bonds is 2. The zero-order valence-corrected chi connectivity index (χ0v) is 10.4. The van der Waals surface area contributed by atoms with Gasteiger partial charge in [-0.3, -0.25) is 9.59 Å². The fourth-order valence-electron chi connectivity index (χ4n) is 1.87. The van der Waals surface area contributed by atoms with E-state index >= 15 is 0 Å². The summed E-state index contributed by atoms with van der Waals surface area (Å²) in [7, 11) is 0. The van der Waals surface area contributed by atoms with Crippen LogP contribution in [0.4, 0.5) is 0 Å². The summed E-state index contributed by atoms with van der Waals surface area (Å²) in [6.45, 7) is 1.24. The molecule has 2 N–H and O–H groups in total. The molecule has 100 valence electrons. The van der Waals surface area contributed by atoms with E-state index in [1.165, 1.54) is 17.2 Å². The number of benzene rings is 1. The summed E-state index contributed by atoms with van der Waals surface area (Å²) in [6, 6.07) is 6.58. The van der Waals surface area contributed by atoms with Gasteiger partial charge in [-0.05, 0) is 25.0 Å². The molecule has 2 amide bonds. The van der Waals surface area contributed by atoms with Gasteiger partial charge in [-0.15, -0.1) is 0 Å². The first kappa shape index (κ1) is 13.1. The number of hydrazone groups is 1. The van der Waals surface area contributed by atoms with Gasteiger partial charge in [0.2, 0.25) is 0 Å². The molecule has 2 rings (SSSR count). The predicted molar refractivity (Wildman–Crippen MR) is 69.7 cm³/mol. The molecular formula is C13H15N3O3. The minimum atomic E-state index is -0.756. The van der Waals surface area contributed by atoms with Crippen LogP contribution in [0, 0.1) is 0 Å². The van der Waals surface area contributed by atoms with Crippen LogP contribution in [0.1, 0.15) is 18.4 Å². The van der Waals surface area contributed by atoms with Crippen molar-refractivity contribution < 1.29 is 14.7 Å². The van der Waals surface area contributed by atoms with E-state index < -0.39 is 11.8 Å². The third kappa shape index (κ3) is 3.31. The minimum Gasteiger partial charge on any atom is -0.507 e. The molecule has 1 aromatic rings. The second kappa shape index (κ2) is 5.99. The summed E-state index contributed by atoms with van der Waals surface area (Å²) in [6.07, 6.45) is 3.16. The Kier molecular flexibility index (Phi) is 4.12. The lowest BCUT2D eigenvalue weighted by Gasteiger charge is -2.12. The zero-order valence-electron chi connectivity index (χ0n) is 10.4. The van der Waals surface area contributed by atoms with E-state index in [4.69, 9.17) is 0 Å². The number of nitrogens with zero attached hydrogens (tertiary/aromatic N) is 2. The maximum Gasteiger partial charge on any atom is 0.329 e. The molecule has 0 saturated carbocycles. The van der Waals surface area contributed by atoms with Crippen molar-refractivity contribution in [1.29, 1.82) is 0 Å². The van der Waals surface area contributed by atoms with Crippen molar-refractivity contribution in [2.45, 2.75) is 12.8 Å². The largest absolute Gasteiger partial charge is 0.507 e. The summed E-state index contributed by atoms with van der Waals surface area (Å²) in [5.41, 5.74) is 2.63. The van der Waals surface area contributed by atoms with E-state index in [1.807, 2.05) is 0 Å². The maximum absolute atomic E-state index is 11.6. The number of carbonyl (C=O) groups excluding carboxylic acids is 2. The maximum atomic E-state index is 11.6. The lowest BCUT2D eigenvalue weighted by Crippen LogP contribution is -2.39. The molecule has 0 radical (unpaired) electrons. The first-order valence-electron chi connectivity index (χ1n) is 6.09. The van der Waals surface area contributed by atoms with Gasteiger partial charge in [0.05, 0.1) is 6.21 Å². The highest BCUT2D eigenvalue weighted by molar-refractivity contribution is 6.35. The van der Waals surface area contributed by atoms with Crippen LogP contribution in [-0.4, -0.2) is 41.1 Å². The number of phenols is 1. The first-order chi connectivity index (χ1) is 9.18. The van der Waals surface area contributed by atoms with Crippen LogP contribution in [0.3, 0.4) is 0 Å². The zero-order chi connectivity index (χ0) is 13.7. The van der Waals surface area contributed by atoms with E-state index in [-0.39, 0.29) is 5.75 Å². The summed E-state index contributed by atoms with van der Waals surface area (Å²) in [5.74, 6) is -1.26. The molecule has 0 unspecified atom stereocenters. The molecule has 6 nitrogen and oxygen atoms in total. The van der Waals surface area contributed by atoms with Crippen LogP contribution in [0.2, 0.25) is 0 Å². The van der Waals surface area contributed by atoms with Crippen molar-refractivity contribution >= 4 is 18.0 Å². The van der Waals surface area contributed by atoms with Crippen molar-refractivity contribution in [3.63, 3.8) is 0 Å². The Bertz CT molecular complexity index is 508. The number of likely N-dealkylation sites (tertiary alicyclic amines) is 1. The van der Waals surface area contributed by atoms with Gasteiger partial charge >= 0.3 is 11.8 Å². The number of nitrogens with one attached hydrogen (secondary N) is 1. The van der Waals surface area contributed by atoms with Crippen LogP contribution in [0.5, 0.6) is 5.75 Å².